The van der Waals surface area contributed by atoms with Gasteiger partial charge in [0.05, 0.1) is 5.02 Å². The van der Waals surface area contributed by atoms with Crippen LogP contribution in [-0.4, -0.2) is 29.0 Å². The summed E-state index contributed by atoms with van der Waals surface area (Å²) < 4.78 is 5.36. The highest BCUT2D eigenvalue weighted by atomic mass is 35.5. The van der Waals surface area contributed by atoms with E-state index in [-0.39, 0.29) is 34.4 Å². The molecule has 0 amide bonds. The van der Waals surface area contributed by atoms with Gasteiger partial charge in [-0.2, -0.15) is 0 Å². The molecule has 0 fully saturated rings. The molecule has 1 heterocycles. The maximum Gasteiger partial charge on any atom is 0.526 e. The fourth-order valence-electron chi connectivity index (χ4n) is 2.53. The highest BCUT2D eigenvalue weighted by molar-refractivity contribution is 6.47. The number of hydrogen-bond donors (Lipinski definition) is 2. The second kappa shape index (κ2) is 6.07. The summed E-state index contributed by atoms with van der Waals surface area (Å²) >= 11 is 6.02. The van der Waals surface area contributed by atoms with Crippen molar-refractivity contribution in [2.45, 2.75) is 38.9 Å². The molecular formula is C14H16BClO5. The first-order valence-electron chi connectivity index (χ1n) is 6.76. The third-order valence-electron chi connectivity index (χ3n) is 3.70. The Bertz CT molecular complexity index is 602. The molecule has 0 radical (unpaired) electrons. The van der Waals surface area contributed by atoms with Crippen LogP contribution in [0.15, 0.2) is 6.07 Å². The molecule has 1 aromatic carbocycles. The van der Waals surface area contributed by atoms with Gasteiger partial charge in [-0.1, -0.05) is 24.6 Å². The lowest BCUT2D eigenvalue weighted by Crippen LogP contribution is -2.36. The highest BCUT2D eigenvalue weighted by Crippen LogP contribution is 2.40. The van der Waals surface area contributed by atoms with Crippen LogP contribution in [-0.2, 0) is 11.2 Å². The monoisotopic (exact) mass is 310 g/mol. The fraction of sp³-hybridized carbons (Fsp3) is 0.429. The van der Waals surface area contributed by atoms with E-state index >= 15 is 0 Å². The number of carbonyl (C=O) groups is 2. The number of carboxylic acid groups (broad SMARTS) is 1. The zero-order valence-corrected chi connectivity index (χ0v) is 12.6. The van der Waals surface area contributed by atoms with E-state index in [9.17, 15) is 19.7 Å². The van der Waals surface area contributed by atoms with Crippen LogP contribution in [0.2, 0.25) is 10.8 Å². The summed E-state index contributed by atoms with van der Waals surface area (Å²) in [5.74, 6) is -1.43. The Morgan fingerprint density at radius 3 is 2.76 bits per heavy atom. The van der Waals surface area contributed by atoms with Crippen LogP contribution in [0.4, 0.5) is 0 Å². The number of carbonyl (C=O) groups excluding carboxylic acids is 1. The lowest BCUT2D eigenvalue weighted by atomic mass is 9.64. The lowest BCUT2D eigenvalue weighted by molar-refractivity contribution is -0.118. The number of halogens is 1. The Morgan fingerprint density at radius 2 is 2.19 bits per heavy atom. The quantitative estimate of drug-likeness (QED) is 0.835. The van der Waals surface area contributed by atoms with Gasteiger partial charge in [0.15, 0.2) is 0 Å². The average Bonchev–Trinajstić information content (AvgIpc) is 2.41. The molecule has 0 aliphatic carbocycles. The minimum absolute atomic E-state index is 0.0373. The zero-order valence-electron chi connectivity index (χ0n) is 11.9. The predicted molar refractivity (Wildman–Crippen MR) is 79.1 cm³/mol. The van der Waals surface area contributed by atoms with Gasteiger partial charge in [-0.15, -0.1) is 0 Å². The molecule has 2 rings (SSSR count). The summed E-state index contributed by atoms with van der Waals surface area (Å²) in [5.41, 5.74) is 1.16. The van der Waals surface area contributed by atoms with Crippen LogP contribution in [0.1, 0.15) is 41.3 Å². The molecule has 0 bridgehead atoms. The third-order valence-corrected chi connectivity index (χ3v) is 4.18. The average molecular weight is 311 g/mol. The van der Waals surface area contributed by atoms with Crippen LogP contribution < -0.4 is 4.65 Å². The smallest absolute Gasteiger partial charge is 0.526 e. The van der Waals surface area contributed by atoms with E-state index in [1.807, 2.05) is 0 Å². The third kappa shape index (κ3) is 3.06. The first kappa shape index (κ1) is 15.9. The van der Waals surface area contributed by atoms with Gasteiger partial charge < -0.3 is 14.8 Å². The second-order valence-corrected chi connectivity index (χ2v) is 5.62. The van der Waals surface area contributed by atoms with E-state index in [1.165, 1.54) is 0 Å². The van der Waals surface area contributed by atoms with E-state index in [0.29, 0.717) is 24.0 Å². The summed E-state index contributed by atoms with van der Waals surface area (Å²) in [6.45, 7) is 3.48. The minimum atomic E-state index is -1.20. The van der Waals surface area contributed by atoms with Gasteiger partial charge in [-0.3, -0.25) is 4.79 Å². The number of hydrogen-bond acceptors (Lipinski definition) is 4. The Hall–Kier alpha value is -1.53. The molecule has 112 valence electrons. The number of benzene rings is 1. The number of ketones is 1. The van der Waals surface area contributed by atoms with Gasteiger partial charge >= 0.3 is 13.1 Å². The standard InChI is InChI=1S/C14H16BClO5/c1-3-10(17)6-9-5-8-4-7(2)12(16)11(14(18)19)13(8)21-15(9)20/h4,9,20H,3,5-6H2,1-2H3,(H,18,19)/t9-/m1/s1. The molecule has 1 atom stereocenters. The summed E-state index contributed by atoms with van der Waals surface area (Å²) in [4.78, 5) is 22.9. The summed E-state index contributed by atoms with van der Waals surface area (Å²) in [6.07, 6.45) is 0.998. The van der Waals surface area contributed by atoms with Crippen molar-refractivity contribution in [1.29, 1.82) is 0 Å². The highest BCUT2D eigenvalue weighted by Gasteiger charge is 2.38. The van der Waals surface area contributed by atoms with Crippen LogP contribution in [0, 0.1) is 6.92 Å². The zero-order chi connectivity index (χ0) is 15.7. The van der Waals surface area contributed by atoms with Gasteiger partial charge in [-0.25, -0.2) is 4.79 Å². The van der Waals surface area contributed by atoms with Crippen LogP contribution in [0.25, 0.3) is 0 Å². The molecule has 7 heteroatoms. The van der Waals surface area contributed by atoms with Crippen molar-refractivity contribution in [3.8, 4) is 5.75 Å². The first-order valence-corrected chi connectivity index (χ1v) is 7.14. The van der Waals surface area contributed by atoms with Crippen molar-refractivity contribution in [1.82, 2.24) is 0 Å². The molecule has 1 aliphatic rings. The van der Waals surface area contributed by atoms with E-state index in [0.717, 1.165) is 0 Å². The summed E-state index contributed by atoms with van der Waals surface area (Å²) in [7, 11) is -1.20. The molecule has 0 saturated heterocycles. The maximum absolute atomic E-state index is 11.6. The van der Waals surface area contributed by atoms with Crippen molar-refractivity contribution < 1.29 is 24.4 Å². The summed E-state index contributed by atoms with van der Waals surface area (Å²) in [6, 6.07) is 1.75. The Balaban J connectivity index is 2.42. The minimum Gasteiger partial charge on any atom is -0.535 e. The Morgan fingerprint density at radius 1 is 1.52 bits per heavy atom. The van der Waals surface area contributed by atoms with Gasteiger partial charge in [-0.05, 0) is 24.5 Å². The first-order chi connectivity index (χ1) is 9.85. The van der Waals surface area contributed by atoms with E-state index in [1.54, 1.807) is 19.9 Å². The van der Waals surface area contributed by atoms with E-state index < -0.39 is 13.1 Å². The summed E-state index contributed by atoms with van der Waals surface area (Å²) in [5, 5.41) is 19.4. The number of carboxylic acids is 1. The number of fused-ring (bicyclic) bond motifs is 1. The Kier molecular flexibility index (Phi) is 4.59. The molecule has 5 nitrogen and oxygen atoms in total. The molecule has 0 unspecified atom stereocenters. The van der Waals surface area contributed by atoms with E-state index in [4.69, 9.17) is 16.3 Å². The second-order valence-electron chi connectivity index (χ2n) is 5.24. The maximum atomic E-state index is 11.6. The van der Waals surface area contributed by atoms with Gasteiger partial charge in [0.2, 0.25) is 0 Å². The molecule has 21 heavy (non-hydrogen) atoms. The molecule has 2 N–H and O–H groups in total. The lowest BCUT2D eigenvalue weighted by Gasteiger charge is -2.29. The molecule has 0 saturated carbocycles. The van der Waals surface area contributed by atoms with E-state index in [2.05, 4.69) is 0 Å². The Labute approximate surface area is 128 Å². The molecule has 0 spiro atoms. The number of aromatic carboxylic acids is 1. The molecule has 1 aliphatic heterocycles. The largest absolute Gasteiger partial charge is 0.535 e. The van der Waals surface area contributed by atoms with Gasteiger partial charge in [0.1, 0.15) is 17.1 Å². The van der Waals surface area contributed by atoms with Crippen molar-refractivity contribution in [2.75, 3.05) is 0 Å². The molecule has 0 aromatic heterocycles. The number of aryl methyl sites for hydroxylation is 1. The normalized spacial score (nSPS) is 17.1. The predicted octanol–water partition coefficient (Wildman–Crippen LogP) is 2.50. The van der Waals surface area contributed by atoms with Crippen molar-refractivity contribution in [3.63, 3.8) is 0 Å². The SMILES string of the molecule is CCC(=O)C[C@H]1Cc2cc(C)c(Cl)c(C(=O)O)c2OB1O. The van der Waals surface area contributed by atoms with Crippen LogP contribution in [0.5, 0.6) is 5.75 Å². The molecule has 1 aromatic rings. The van der Waals surface area contributed by atoms with Gasteiger partial charge in [0, 0.05) is 18.7 Å². The van der Waals surface area contributed by atoms with Crippen LogP contribution >= 0.6 is 11.6 Å². The number of Topliss-reactive ketones (excluding diaryl/α,β-unsaturated/α-hetero) is 1. The molecular weight excluding hydrogens is 294 g/mol. The fourth-order valence-corrected chi connectivity index (χ4v) is 2.76. The van der Waals surface area contributed by atoms with Crippen LogP contribution in [0.3, 0.4) is 0 Å². The van der Waals surface area contributed by atoms with Crippen molar-refractivity contribution in [3.05, 3.63) is 27.8 Å². The van der Waals surface area contributed by atoms with Crippen molar-refractivity contribution in [2.24, 2.45) is 0 Å². The number of rotatable bonds is 4. The van der Waals surface area contributed by atoms with Crippen molar-refractivity contribution >= 4 is 30.5 Å². The van der Waals surface area contributed by atoms with Gasteiger partial charge in [0.25, 0.3) is 0 Å². The topological polar surface area (TPSA) is 83.8 Å².